The summed E-state index contributed by atoms with van der Waals surface area (Å²) in [6, 6.07) is 16.4. The van der Waals surface area contributed by atoms with Crippen LogP contribution in [0.15, 0.2) is 48.5 Å². The molecule has 5 heteroatoms. The number of fused-ring (bicyclic) bond motifs is 1. The van der Waals surface area contributed by atoms with Gasteiger partial charge in [-0.15, -0.1) is 0 Å². The summed E-state index contributed by atoms with van der Waals surface area (Å²) in [6.45, 7) is 2.54. The first kappa shape index (κ1) is 15.6. The Balaban J connectivity index is 1.88. The van der Waals surface area contributed by atoms with Crippen LogP contribution in [-0.4, -0.2) is 17.1 Å². The normalized spacial score (nSPS) is 10.4. The lowest BCUT2D eigenvalue weighted by molar-refractivity contribution is 0.102. The SMILES string of the molecule is CCOc1ccc2c(c1)cc(C(=O)Nc1ccc(C#N)cc1)n2C. The topological polar surface area (TPSA) is 67.0 Å². The molecule has 0 saturated heterocycles. The van der Waals surface area contributed by atoms with E-state index in [1.807, 2.05) is 42.8 Å². The molecule has 1 aromatic heterocycles. The van der Waals surface area contributed by atoms with E-state index in [-0.39, 0.29) is 5.91 Å². The molecule has 0 fully saturated rings. The number of hydrogen-bond donors (Lipinski definition) is 1. The Hall–Kier alpha value is -3.26. The largest absolute Gasteiger partial charge is 0.494 e. The van der Waals surface area contributed by atoms with Crippen molar-refractivity contribution >= 4 is 22.5 Å². The molecule has 0 bridgehead atoms. The molecular weight excluding hydrogens is 302 g/mol. The maximum Gasteiger partial charge on any atom is 0.272 e. The van der Waals surface area contributed by atoms with Gasteiger partial charge in [0.15, 0.2) is 0 Å². The third-order valence-corrected chi connectivity index (χ3v) is 3.83. The van der Waals surface area contributed by atoms with Crippen molar-refractivity contribution < 1.29 is 9.53 Å². The maximum absolute atomic E-state index is 12.5. The summed E-state index contributed by atoms with van der Waals surface area (Å²) in [5.74, 6) is 0.589. The van der Waals surface area contributed by atoms with E-state index in [0.29, 0.717) is 23.6 Å². The van der Waals surface area contributed by atoms with Crippen LogP contribution >= 0.6 is 0 Å². The van der Waals surface area contributed by atoms with Gasteiger partial charge in [-0.2, -0.15) is 5.26 Å². The van der Waals surface area contributed by atoms with E-state index in [0.717, 1.165) is 16.7 Å². The Bertz CT molecular complexity index is 934. The fourth-order valence-corrected chi connectivity index (χ4v) is 2.63. The first-order valence-corrected chi connectivity index (χ1v) is 7.66. The summed E-state index contributed by atoms with van der Waals surface area (Å²) in [4.78, 5) is 12.5. The van der Waals surface area contributed by atoms with Crippen molar-refractivity contribution in [3.63, 3.8) is 0 Å². The van der Waals surface area contributed by atoms with Crippen molar-refractivity contribution in [3.8, 4) is 11.8 Å². The second-order valence-corrected chi connectivity index (χ2v) is 5.39. The molecule has 1 amide bonds. The maximum atomic E-state index is 12.5. The van der Waals surface area contributed by atoms with Gasteiger partial charge in [0.25, 0.3) is 5.91 Å². The molecule has 3 aromatic rings. The zero-order chi connectivity index (χ0) is 17.1. The number of carbonyl (C=O) groups excluding carboxylic acids is 1. The number of hydrogen-bond acceptors (Lipinski definition) is 3. The van der Waals surface area contributed by atoms with Gasteiger partial charge < -0.3 is 14.6 Å². The van der Waals surface area contributed by atoms with Gasteiger partial charge in [0.2, 0.25) is 0 Å². The highest BCUT2D eigenvalue weighted by atomic mass is 16.5. The van der Waals surface area contributed by atoms with E-state index in [4.69, 9.17) is 10.00 Å². The van der Waals surface area contributed by atoms with Crippen molar-refractivity contribution in [2.45, 2.75) is 6.92 Å². The second-order valence-electron chi connectivity index (χ2n) is 5.39. The first-order chi connectivity index (χ1) is 11.6. The Morgan fingerprint density at radius 2 is 1.96 bits per heavy atom. The zero-order valence-electron chi connectivity index (χ0n) is 13.5. The Morgan fingerprint density at radius 3 is 2.62 bits per heavy atom. The third-order valence-electron chi connectivity index (χ3n) is 3.83. The van der Waals surface area contributed by atoms with Gasteiger partial charge in [-0.05, 0) is 55.5 Å². The summed E-state index contributed by atoms with van der Waals surface area (Å²) in [6.07, 6.45) is 0. The van der Waals surface area contributed by atoms with Crippen molar-refractivity contribution in [2.24, 2.45) is 7.05 Å². The average Bonchev–Trinajstić information content (AvgIpc) is 2.92. The van der Waals surface area contributed by atoms with Gasteiger partial charge >= 0.3 is 0 Å². The molecular formula is C19H17N3O2. The van der Waals surface area contributed by atoms with Gasteiger partial charge in [-0.1, -0.05) is 0 Å². The summed E-state index contributed by atoms with van der Waals surface area (Å²) in [5.41, 5.74) is 2.73. The fourth-order valence-electron chi connectivity index (χ4n) is 2.63. The highest BCUT2D eigenvalue weighted by molar-refractivity contribution is 6.06. The van der Waals surface area contributed by atoms with Crippen molar-refractivity contribution in [1.82, 2.24) is 4.57 Å². The van der Waals surface area contributed by atoms with Crippen LogP contribution in [0.3, 0.4) is 0 Å². The summed E-state index contributed by atoms with van der Waals surface area (Å²) in [7, 11) is 1.86. The Labute approximate surface area is 140 Å². The number of anilines is 1. The number of amides is 1. The summed E-state index contributed by atoms with van der Waals surface area (Å²) in [5, 5.41) is 12.6. The molecule has 0 atom stereocenters. The monoisotopic (exact) mass is 319 g/mol. The van der Waals surface area contributed by atoms with E-state index >= 15 is 0 Å². The number of aryl methyl sites for hydroxylation is 1. The van der Waals surface area contributed by atoms with Crippen LogP contribution in [0.2, 0.25) is 0 Å². The van der Waals surface area contributed by atoms with Gasteiger partial charge in [0, 0.05) is 23.6 Å². The Kier molecular flexibility index (Phi) is 4.21. The number of nitrogens with one attached hydrogen (secondary N) is 1. The molecule has 120 valence electrons. The van der Waals surface area contributed by atoms with Gasteiger partial charge in [-0.3, -0.25) is 4.79 Å². The molecule has 0 unspecified atom stereocenters. The minimum absolute atomic E-state index is 0.198. The van der Waals surface area contributed by atoms with Crippen LogP contribution < -0.4 is 10.1 Å². The van der Waals surface area contributed by atoms with Gasteiger partial charge in [0.1, 0.15) is 11.4 Å². The smallest absolute Gasteiger partial charge is 0.272 e. The number of ether oxygens (including phenoxy) is 1. The molecule has 0 saturated carbocycles. The quantitative estimate of drug-likeness (QED) is 0.797. The summed E-state index contributed by atoms with van der Waals surface area (Å²) < 4.78 is 7.36. The summed E-state index contributed by atoms with van der Waals surface area (Å²) >= 11 is 0. The lowest BCUT2D eigenvalue weighted by Crippen LogP contribution is -2.15. The molecule has 3 rings (SSSR count). The molecule has 0 aliphatic rings. The minimum atomic E-state index is -0.198. The lowest BCUT2D eigenvalue weighted by Gasteiger charge is -2.07. The molecule has 0 aliphatic heterocycles. The Morgan fingerprint density at radius 1 is 1.21 bits per heavy atom. The third kappa shape index (κ3) is 2.95. The minimum Gasteiger partial charge on any atom is -0.494 e. The number of nitrogens with zero attached hydrogens (tertiary/aromatic N) is 2. The van der Waals surface area contributed by atoms with Crippen molar-refractivity contribution in [3.05, 3.63) is 59.8 Å². The van der Waals surface area contributed by atoms with Crippen LogP contribution in [0, 0.1) is 11.3 Å². The van der Waals surface area contributed by atoms with Crippen LogP contribution in [0.25, 0.3) is 10.9 Å². The molecule has 1 heterocycles. The number of aromatic nitrogens is 1. The van der Waals surface area contributed by atoms with Gasteiger partial charge in [0.05, 0.1) is 18.2 Å². The van der Waals surface area contributed by atoms with E-state index < -0.39 is 0 Å². The molecule has 1 N–H and O–H groups in total. The van der Waals surface area contributed by atoms with Crippen molar-refractivity contribution in [1.29, 1.82) is 5.26 Å². The predicted molar refractivity (Wildman–Crippen MR) is 93.2 cm³/mol. The van der Waals surface area contributed by atoms with E-state index in [2.05, 4.69) is 11.4 Å². The van der Waals surface area contributed by atoms with E-state index in [9.17, 15) is 4.79 Å². The number of carbonyl (C=O) groups is 1. The van der Waals surface area contributed by atoms with E-state index in [1.54, 1.807) is 24.3 Å². The molecule has 5 nitrogen and oxygen atoms in total. The number of benzene rings is 2. The molecule has 0 spiro atoms. The van der Waals surface area contributed by atoms with E-state index in [1.165, 1.54) is 0 Å². The molecule has 2 aromatic carbocycles. The van der Waals surface area contributed by atoms with Crippen molar-refractivity contribution in [2.75, 3.05) is 11.9 Å². The van der Waals surface area contributed by atoms with Crippen LogP contribution in [0.5, 0.6) is 5.75 Å². The zero-order valence-corrected chi connectivity index (χ0v) is 13.5. The first-order valence-electron chi connectivity index (χ1n) is 7.66. The van der Waals surface area contributed by atoms with Gasteiger partial charge in [-0.25, -0.2) is 0 Å². The highest BCUT2D eigenvalue weighted by Gasteiger charge is 2.14. The lowest BCUT2D eigenvalue weighted by atomic mass is 10.2. The number of nitriles is 1. The van der Waals surface area contributed by atoms with Crippen LogP contribution in [0.1, 0.15) is 23.0 Å². The fraction of sp³-hybridized carbons (Fsp3) is 0.158. The predicted octanol–water partition coefficient (Wildman–Crippen LogP) is 3.70. The second kappa shape index (κ2) is 6.47. The molecule has 24 heavy (non-hydrogen) atoms. The van der Waals surface area contributed by atoms with Crippen LogP contribution in [-0.2, 0) is 7.05 Å². The standard InChI is InChI=1S/C19H17N3O2/c1-3-24-16-8-9-17-14(10-16)11-18(22(17)2)19(23)21-15-6-4-13(12-20)5-7-15/h4-11H,3H2,1-2H3,(H,21,23). The molecule has 0 radical (unpaired) electrons. The highest BCUT2D eigenvalue weighted by Crippen LogP contribution is 2.24. The average molecular weight is 319 g/mol. The molecule has 0 aliphatic carbocycles. The number of rotatable bonds is 4. The van der Waals surface area contributed by atoms with Crippen LogP contribution in [0.4, 0.5) is 5.69 Å².